The van der Waals surface area contributed by atoms with Gasteiger partial charge in [-0.15, -0.1) is 0 Å². The predicted molar refractivity (Wildman–Crippen MR) is 103 cm³/mol. The van der Waals surface area contributed by atoms with Crippen molar-refractivity contribution < 1.29 is 4.79 Å². The maximum Gasteiger partial charge on any atom is 0.251 e. The Bertz CT molecular complexity index is 976. The number of hydrogen-bond acceptors (Lipinski definition) is 4. The second kappa shape index (κ2) is 6.82. The topological polar surface area (TPSA) is 80.2 Å². The zero-order valence-corrected chi connectivity index (χ0v) is 15.6. The molecule has 1 amide bonds. The Morgan fingerprint density at radius 2 is 1.96 bits per heavy atom. The number of benzene rings is 1. The number of nitrogens with one attached hydrogen (secondary N) is 1. The Labute approximate surface area is 158 Å². The van der Waals surface area contributed by atoms with Gasteiger partial charge in [-0.05, 0) is 42.3 Å². The van der Waals surface area contributed by atoms with Crippen molar-refractivity contribution in [2.45, 2.75) is 32.7 Å². The van der Waals surface area contributed by atoms with E-state index in [-0.39, 0.29) is 11.5 Å². The normalized spacial score (nSPS) is 19.0. The molecule has 6 heteroatoms. The first kappa shape index (κ1) is 17.7. The lowest BCUT2D eigenvalue weighted by molar-refractivity contribution is -0.136. The Hall–Kier alpha value is -2.65. The van der Waals surface area contributed by atoms with E-state index >= 15 is 0 Å². The molecule has 1 N–H and O–H groups in total. The molecule has 0 unspecified atom stereocenters. The van der Waals surface area contributed by atoms with Crippen LogP contribution in [0.3, 0.4) is 0 Å². The van der Waals surface area contributed by atoms with Gasteiger partial charge in [-0.25, -0.2) is 0 Å². The van der Waals surface area contributed by atoms with Crippen LogP contribution in [0.15, 0.2) is 29.1 Å². The first-order valence-electron chi connectivity index (χ1n) is 9.62. The average Bonchev–Trinajstić information content (AvgIpc) is 3.49. The number of pyridine rings is 1. The summed E-state index contributed by atoms with van der Waals surface area (Å²) in [4.78, 5) is 31.7. The number of fused-ring (bicyclic) bond motifs is 1. The first-order valence-corrected chi connectivity index (χ1v) is 9.62. The van der Waals surface area contributed by atoms with Gasteiger partial charge < -0.3 is 9.88 Å². The van der Waals surface area contributed by atoms with Gasteiger partial charge in [0.15, 0.2) is 0 Å². The van der Waals surface area contributed by atoms with Crippen LogP contribution in [0.4, 0.5) is 0 Å². The highest BCUT2D eigenvalue weighted by Crippen LogP contribution is 2.46. The molecule has 4 rings (SSSR count). The van der Waals surface area contributed by atoms with E-state index in [9.17, 15) is 14.9 Å². The van der Waals surface area contributed by atoms with E-state index in [1.165, 1.54) is 0 Å². The third kappa shape index (κ3) is 3.35. The minimum absolute atomic E-state index is 0.0132. The summed E-state index contributed by atoms with van der Waals surface area (Å²) < 4.78 is 0. The highest BCUT2D eigenvalue weighted by Gasteiger charge is 2.52. The minimum Gasteiger partial charge on any atom is -0.339 e. The molecule has 1 aliphatic carbocycles. The van der Waals surface area contributed by atoms with E-state index in [2.05, 4.69) is 28.1 Å². The van der Waals surface area contributed by atoms with Gasteiger partial charge in [0.25, 0.3) is 5.56 Å². The molecule has 0 bridgehead atoms. The van der Waals surface area contributed by atoms with Gasteiger partial charge >= 0.3 is 0 Å². The van der Waals surface area contributed by atoms with Gasteiger partial charge in [0.05, 0.1) is 6.07 Å². The zero-order valence-electron chi connectivity index (χ0n) is 15.6. The minimum atomic E-state index is -0.719. The third-order valence-corrected chi connectivity index (χ3v) is 5.81. The molecule has 1 saturated heterocycles. The van der Waals surface area contributed by atoms with Gasteiger partial charge in [-0.2, -0.15) is 5.26 Å². The summed E-state index contributed by atoms with van der Waals surface area (Å²) in [6.45, 7) is 5.72. The number of aromatic amines is 1. The number of aryl methyl sites for hydroxylation is 1. The van der Waals surface area contributed by atoms with Crippen LogP contribution in [0.2, 0.25) is 0 Å². The Morgan fingerprint density at radius 1 is 1.22 bits per heavy atom. The van der Waals surface area contributed by atoms with Crippen LogP contribution in [-0.2, 0) is 17.8 Å². The van der Waals surface area contributed by atoms with Crippen molar-refractivity contribution >= 4 is 16.8 Å². The SMILES string of the molecule is CCc1cc2ccc(CN3CCN(C(=O)C4(C#N)CC4)CC3)cc2[nH]c1=O. The Kier molecular flexibility index (Phi) is 4.48. The molecule has 2 aliphatic rings. The molecule has 27 heavy (non-hydrogen) atoms. The number of nitrogens with zero attached hydrogens (tertiary/aromatic N) is 3. The molecular formula is C21H24N4O2. The summed E-state index contributed by atoms with van der Waals surface area (Å²) in [6, 6.07) is 10.4. The maximum absolute atomic E-state index is 12.5. The van der Waals surface area contributed by atoms with Crippen molar-refractivity contribution in [3.63, 3.8) is 0 Å². The summed E-state index contributed by atoms with van der Waals surface area (Å²) in [5.74, 6) is 0.0136. The molecule has 0 spiro atoms. The van der Waals surface area contributed by atoms with Crippen LogP contribution in [-0.4, -0.2) is 46.9 Å². The summed E-state index contributed by atoms with van der Waals surface area (Å²) in [7, 11) is 0. The third-order valence-electron chi connectivity index (χ3n) is 5.81. The quantitative estimate of drug-likeness (QED) is 0.900. The second-order valence-corrected chi connectivity index (χ2v) is 7.66. The van der Waals surface area contributed by atoms with Crippen LogP contribution in [0.5, 0.6) is 0 Å². The number of rotatable bonds is 4. The molecule has 0 radical (unpaired) electrons. The number of H-pyrrole nitrogens is 1. The van der Waals surface area contributed by atoms with Crippen molar-refractivity contribution in [1.29, 1.82) is 5.26 Å². The van der Waals surface area contributed by atoms with E-state index in [4.69, 9.17) is 0 Å². The average molecular weight is 364 g/mol. The number of aromatic nitrogens is 1. The van der Waals surface area contributed by atoms with Crippen molar-refractivity contribution in [2.24, 2.45) is 5.41 Å². The fourth-order valence-corrected chi connectivity index (χ4v) is 3.82. The summed E-state index contributed by atoms with van der Waals surface area (Å²) >= 11 is 0. The smallest absolute Gasteiger partial charge is 0.251 e. The van der Waals surface area contributed by atoms with E-state index in [0.29, 0.717) is 25.9 Å². The lowest BCUT2D eigenvalue weighted by Crippen LogP contribution is -2.50. The molecule has 1 aromatic carbocycles. The fourth-order valence-electron chi connectivity index (χ4n) is 3.82. The second-order valence-electron chi connectivity index (χ2n) is 7.66. The van der Waals surface area contributed by atoms with Gasteiger partial charge in [0, 0.05) is 43.8 Å². The van der Waals surface area contributed by atoms with Crippen molar-refractivity contribution in [2.75, 3.05) is 26.2 Å². The Morgan fingerprint density at radius 3 is 2.59 bits per heavy atom. The van der Waals surface area contributed by atoms with Crippen LogP contribution in [0.1, 0.15) is 30.9 Å². The lowest BCUT2D eigenvalue weighted by atomic mass is 10.1. The van der Waals surface area contributed by atoms with E-state index in [0.717, 1.165) is 48.1 Å². The molecule has 6 nitrogen and oxygen atoms in total. The van der Waals surface area contributed by atoms with Crippen molar-refractivity contribution in [3.8, 4) is 6.07 Å². The molecule has 2 fully saturated rings. The molecule has 2 heterocycles. The molecule has 2 aromatic rings. The summed E-state index contributed by atoms with van der Waals surface area (Å²) in [6.07, 6.45) is 2.14. The first-order chi connectivity index (χ1) is 13.0. The molecule has 1 aromatic heterocycles. The number of piperazine rings is 1. The summed E-state index contributed by atoms with van der Waals surface area (Å²) in [5, 5.41) is 10.3. The van der Waals surface area contributed by atoms with Crippen LogP contribution in [0, 0.1) is 16.7 Å². The van der Waals surface area contributed by atoms with Crippen molar-refractivity contribution in [1.82, 2.24) is 14.8 Å². The standard InChI is InChI=1S/C21H24N4O2/c1-2-16-12-17-4-3-15(11-18(17)23-19(16)26)13-24-7-9-25(10-8-24)20(27)21(14-22)5-6-21/h3-4,11-12H,2,5-10,13H2,1H3,(H,23,26). The van der Waals surface area contributed by atoms with Gasteiger partial charge in [-0.3, -0.25) is 14.5 Å². The lowest BCUT2D eigenvalue weighted by Gasteiger charge is -2.35. The molecular weight excluding hydrogens is 340 g/mol. The van der Waals surface area contributed by atoms with Crippen LogP contribution >= 0.6 is 0 Å². The zero-order chi connectivity index (χ0) is 19.0. The Balaban J connectivity index is 1.41. The van der Waals surface area contributed by atoms with E-state index in [1.54, 1.807) is 0 Å². The highest BCUT2D eigenvalue weighted by molar-refractivity contribution is 5.88. The van der Waals surface area contributed by atoms with Crippen LogP contribution < -0.4 is 5.56 Å². The molecule has 140 valence electrons. The number of hydrogen-bond donors (Lipinski definition) is 1. The maximum atomic E-state index is 12.5. The molecule has 1 saturated carbocycles. The highest BCUT2D eigenvalue weighted by atomic mass is 16.2. The number of carbonyl (C=O) groups is 1. The monoisotopic (exact) mass is 364 g/mol. The largest absolute Gasteiger partial charge is 0.339 e. The van der Waals surface area contributed by atoms with Gasteiger partial charge in [-0.1, -0.05) is 19.1 Å². The van der Waals surface area contributed by atoms with E-state index in [1.807, 2.05) is 24.0 Å². The van der Waals surface area contributed by atoms with Gasteiger partial charge in [0.1, 0.15) is 5.41 Å². The molecule has 1 aliphatic heterocycles. The number of nitriles is 1. The number of amides is 1. The fraction of sp³-hybridized carbons (Fsp3) is 0.476. The molecule has 0 atom stereocenters. The van der Waals surface area contributed by atoms with Crippen molar-refractivity contribution in [3.05, 3.63) is 45.7 Å². The van der Waals surface area contributed by atoms with Crippen LogP contribution in [0.25, 0.3) is 10.9 Å². The summed E-state index contributed by atoms with van der Waals surface area (Å²) in [5.41, 5.74) is 2.10. The van der Waals surface area contributed by atoms with E-state index < -0.39 is 5.41 Å². The van der Waals surface area contributed by atoms with Gasteiger partial charge in [0.2, 0.25) is 5.91 Å². The number of carbonyl (C=O) groups excluding carboxylic acids is 1. The predicted octanol–water partition coefficient (Wildman–Crippen LogP) is 2.04.